The molecule has 1 aromatic heterocycles. The van der Waals surface area contributed by atoms with Crippen LogP contribution in [0.1, 0.15) is 49.7 Å². The molecule has 3 heterocycles. The fourth-order valence-corrected chi connectivity index (χ4v) is 3.96. The van der Waals surface area contributed by atoms with E-state index in [-0.39, 0.29) is 29.3 Å². The first kappa shape index (κ1) is 19.1. The van der Waals surface area contributed by atoms with Crippen molar-refractivity contribution < 1.29 is 14.4 Å². The number of nitrogens with one attached hydrogen (secondary N) is 2. The Hall–Kier alpha value is -2.64. The number of hydrogen-bond acceptors (Lipinski definition) is 4. The molecule has 8 heteroatoms. The van der Waals surface area contributed by atoms with Gasteiger partial charge in [0.15, 0.2) is 0 Å². The van der Waals surface area contributed by atoms with Crippen molar-refractivity contribution in [3.8, 4) is 0 Å². The van der Waals surface area contributed by atoms with Gasteiger partial charge in [0.05, 0.1) is 5.56 Å². The number of aryl methyl sites for hydroxylation is 1. The van der Waals surface area contributed by atoms with Crippen LogP contribution in [0.4, 0.5) is 4.79 Å². The summed E-state index contributed by atoms with van der Waals surface area (Å²) in [5.41, 5.74) is 0.00462. The molecule has 0 radical (unpaired) electrons. The van der Waals surface area contributed by atoms with Crippen molar-refractivity contribution in [2.24, 2.45) is 5.92 Å². The zero-order chi connectivity index (χ0) is 19.8. The van der Waals surface area contributed by atoms with E-state index in [0.717, 1.165) is 0 Å². The van der Waals surface area contributed by atoms with Crippen molar-refractivity contribution in [3.63, 3.8) is 0 Å². The van der Waals surface area contributed by atoms with Crippen LogP contribution in [0.5, 0.6) is 0 Å². The second kappa shape index (κ2) is 7.17. The first-order valence-corrected chi connectivity index (χ1v) is 9.43. The molecule has 1 spiro atoms. The monoisotopic (exact) mass is 374 g/mol. The van der Waals surface area contributed by atoms with Gasteiger partial charge in [-0.05, 0) is 31.2 Å². The van der Waals surface area contributed by atoms with Crippen LogP contribution in [-0.4, -0.2) is 57.8 Å². The number of rotatable bonds is 4. The van der Waals surface area contributed by atoms with Crippen LogP contribution >= 0.6 is 0 Å². The minimum Gasteiger partial charge on any atom is -0.338 e. The van der Waals surface area contributed by atoms with Crippen molar-refractivity contribution >= 4 is 17.8 Å². The van der Waals surface area contributed by atoms with Crippen molar-refractivity contribution in [2.75, 3.05) is 19.6 Å². The molecular weight excluding hydrogens is 348 g/mol. The number of likely N-dealkylation sites (tertiary alicyclic amines) is 1. The SMILES string of the molecule is CCc1[nH]c(=O)ccc1C(=O)N1CCC2(CC1)C(=O)NC(=O)N2CC(C)C. The van der Waals surface area contributed by atoms with E-state index in [1.807, 2.05) is 20.8 Å². The highest BCUT2D eigenvalue weighted by atomic mass is 16.2. The van der Waals surface area contributed by atoms with E-state index >= 15 is 0 Å². The van der Waals surface area contributed by atoms with E-state index in [4.69, 9.17) is 0 Å². The fourth-order valence-electron chi connectivity index (χ4n) is 3.96. The molecule has 2 aliphatic rings. The molecule has 0 unspecified atom stereocenters. The van der Waals surface area contributed by atoms with Crippen molar-refractivity contribution in [1.29, 1.82) is 0 Å². The summed E-state index contributed by atoms with van der Waals surface area (Å²) in [6, 6.07) is 2.56. The quantitative estimate of drug-likeness (QED) is 0.771. The third-order valence-corrected chi connectivity index (χ3v) is 5.42. The Morgan fingerprint density at radius 3 is 2.44 bits per heavy atom. The van der Waals surface area contributed by atoms with E-state index in [1.54, 1.807) is 15.9 Å². The number of hydrogen-bond donors (Lipinski definition) is 2. The number of piperidine rings is 1. The van der Waals surface area contributed by atoms with E-state index in [0.29, 0.717) is 50.2 Å². The number of aromatic amines is 1. The third-order valence-electron chi connectivity index (χ3n) is 5.42. The van der Waals surface area contributed by atoms with Crippen LogP contribution in [0.15, 0.2) is 16.9 Å². The fraction of sp³-hybridized carbons (Fsp3) is 0.579. The van der Waals surface area contributed by atoms with Gasteiger partial charge in [0.1, 0.15) is 5.54 Å². The van der Waals surface area contributed by atoms with Crippen LogP contribution < -0.4 is 10.9 Å². The molecule has 0 atom stereocenters. The minimum absolute atomic E-state index is 0.155. The standard InChI is InChI=1S/C19H26N4O4/c1-4-14-13(5-6-15(24)20-14)16(25)22-9-7-19(8-10-22)17(26)21-18(27)23(19)11-12(2)3/h5-6,12H,4,7-11H2,1-3H3,(H,20,24)(H,21,26,27). The van der Waals surface area contributed by atoms with E-state index in [2.05, 4.69) is 10.3 Å². The van der Waals surface area contributed by atoms with Gasteiger partial charge in [-0.15, -0.1) is 0 Å². The lowest BCUT2D eigenvalue weighted by Gasteiger charge is -2.42. The topological polar surface area (TPSA) is 103 Å². The smallest absolute Gasteiger partial charge is 0.325 e. The summed E-state index contributed by atoms with van der Waals surface area (Å²) in [4.78, 5) is 55.2. The summed E-state index contributed by atoms with van der Waals surface area (Å²) >= 11 is 0. The number of pyridine rings is 1. The number of carbonyl (C=O) groups excluding carboxylic acids is 3. The zero-order valence-electron chi connectivity index (χ0n) is 16.0. The molecule has 4 amide bonds. The Kier molecular flexibility index (Phi) is 5.08. The van der Waals surface area contributed by atoms with Crippen LogP contribution in [0.2, 0.25) is 0 Å². The summed E-state index contributed by atoms with van der Waals surface area (Å²) in [6.07, 6.45) is 1.37. The van der Waals surface area contributed by atoms with Crippen molar-refractivity contribution in [1.82, 2.24) is 20.1 Å². The average Bonchev–Trinajstić information content (AvgIpc) is 2.85. The first-order chi connectivity index (χ1) is 12.8. The number of nitrogens with zero attached hydrogens (tertiary/aromatic N) is 2. The van der Waals surface area contributed by atoms with Crippen LogP contribution in [0.3, 0.4) is 0 Å². The van der Waals surface area contributed by atoms with E-state index in [9.17, 15) is 19.2 Å². The maximum Gasteiger partial charge on any atom is 0.325 e. The number of aromatic nitrogens is 1. The van der Waals surface area contributed by atoms with E-state index in [1.165, 1.54) is 6.07 Å². The van der Waals surface area contributed by atoms with E-state index < -0.39 is 5.54 Å². The molecule has 27 heavy (non-hydrogen) atoms. The highest BCUT2D eigenvalue weighted by molar-refractivity contribution is 6.07. The molecule has 0 saturated carbocycles. The minimum atomic E-state index is -0.864. The number of amides is 4. The third kappa shape index (κ3) is 3.36. The summed E-state index contributed by atoms with van der Waals surface area (Å²) in [7, 11) is 0. The van der Waals surface area contributed by atoms with Crippen LogP contribution in [0, 0.1) is 5.92 Å². The number of H-pyrrole nitrogens is 1. The number of imide groups is 1. The van der Waals surface area contributed by atoms with Gasteiger partial charge in [-0.25, -0.2) is 4.79 Å². The summed E-state index contributed by atoms with van der Waals surface area (Å²) in [6.45, 7) is 7.17. The maximum absolute atomic E-state index is 12.9. The van der Waals surface area contributed by atoms with Gasteiger partial charge in [-0.1, -0.05) is 20.8 Å². The molecule has 2 saturated heterocycles. The molecule has 146 valence electrons. The largest absolute Gasteiger partial charge is 0.338 e. The lowest BCUT2D eigenvalue weighted by molar-refractivity contribution is -0.129. The summed E-state index contributed by atoms with van der Waals surface area (Å²) in [5.74, 6) is -0.178. The molecule has 8 nitrogen and oxygen atoms in total. The van der Waals surface area contributed by atoms with Crippen molar-refractivity contribution in [3.05, 3.63) is 33.7 Å². The van der Waals surface area contributed by atoms with Crippen LogP contribution in [-0.2, 0) is 11.2 Å². The number of urea groups is 1. The Labute approximate surface area is 157 Å². The molecule has 2 aliphatic heterocycles. The first-order valence-electron chi connectivity index (χ1n) is 9.43. The Morgan fingerprint density at radius 1 is 1.19 bits per heavy atom. The molecule has 1 aromatic rings. The van der Waals surface area contributed by atoms with Gasteiger partial charge >= 0.3 is 6.03 Å². The summed E-state index contributed by atoms with van der Waals surface area (Å²) in [5, 5.41) is 2.44. The molecule has 2 N–H and O–H groups in total. The lowest BCUT2D eigenvalue weighted by atomic mass is 9.85. The highest BCUT2D eigenvalue weighted by Crippen LogP contribution is 2.34. The van der Waals surface area contributed by atoms with Gasteiger partial charge in [-0.2, -0.15) is 0 Å². The average molecular weight is 374 g/mol. The summed E-state index contributed by atoms with van der Waals surface area (Å²) < 4.78 is 0. The molecule has 3 rings (SSSR count). The van der Waals surface area contributed by atoms with Gasteiger partial charge in [0, 0.05) is 31.4 Å². The number of carbonyl (C=O) groups is 3. The second-order valence-electron chi connectivity index (χ2n) is 7.66. The highest BCUT2D eigenvalue weighted by Gasteiger charge is 2.54. The molecule has 0 bridgehead atoms. The van der Waals surface area contributed by atoms with Crippen molar-refractivity contribution in [2.45, 2.75) is 45.6 Å². The lowest BCUT2D eigenvalue weighted by Crippen LogP contribution is -2.58. The molecule has 2 fully saturated rings. The van der Waals surface area contributed by atoms with Gasteiger partial charge in [-0.3, -0.25) is 19.7 Å². The van der Waals surface area contributed by atoms with Crippen LogP contribution in [0.25, 0.3) is 0 Å². The second-order valence-corrected chi connectivity index (χ2v) is 7.66. The predicted molar refractivity (Wildman–Crippen MR) is 99.4 cm³/mol. The Morgan fingerprint density at radius 2 is 1.85 bits per heavy atom. The zero-order valence-corrected chi connectivity index (χ0v) is 16.0. The van der Waals surface area contributed by atoms with Gasteiger partial charge in [0.25, 0.3) is 11.8 Å². The predicted octanol–water partition coefficient (Wildman–Crippen LogP) is 1.12. The normalized spacial score (nSPS) is 19.1. The van der Waals surface area contributed by atoms with Gasteiger partial charge < -0.3 is 14.8 Å². The maximum atomic E-state index is 12.9. The van der Waals surface area contributed by atoms with Gasteiger partial charge in [0.2, 0.25) is 5.56 Å². The Balaban J connectivity index is 1.78. The molecule has 0 aliphatic carbocycles. The molecular formula is C19H26N4O4. The molecule has 0 aromatic carbocycles. The Bertz CT molecular complexity index is 821.